The number of fused-ring (bicyclic) bond motifs is 2. The number of nitrogens with zero attached hydrogens (tertiary/aromatic N) is 3. The number of hydrogen-bond donors (Lipinski definition) is 7. The second-order valence-electron chi connectivity index (χ2n) is 11.6. The topological polar surface area (TPSA) is 298 Å². The molecule has 0 radical (unpaired) electrons. The number of halogens is 1. The second kappa shape index (κ2) is 12.6. The molecule has 1 heterocycles. The Morgan fingerprint density at radius 2 is 1.28 bits per heavy atom. The van der Waals surface area contributed by atoms with Crippen LogP contribution >= 0.6 is 0 Å². The third-order valence-corrected chi connectivity index (χ3v) is 10.00. The van der Waals surface area contributed by atoms with E-state index in [1.807, 2.05) is 0 Å². The number of carbonyl (C=O) groups is 2. The minimum atomic E-state index is -4.96. The third-order valence-electron chi connectivity index (χ3n) is 7.34. The predicted molar refractivity (Wildman–Crippen MR) is 174 cm³/mol. The molecule has 264 valence electrons. The molecular formula is C28H26FN7O11S3. The molecule has 0 amide bonds. The van der Waals surface area contributed by atoms with Crippen molar-refractivity contribution in [2.45, 2.75) is 28.5 Å². The summed E-state index contributed by atoms with van der Waals surface area (Å²) in [6, 6.07) is 8.82. The number of aromatic nitrogens is 3. The lowest BCUT2D eigenvalue weighted by molar-refractivity contribution is 0.0980. The summed E-state index contributed by atoms with van der Waals surface area (Å²) in [5.41, 5.74) is 3.23. The highest BCUT2D eigenvalue weighted by molar-refractivity contribution is 7.86. The first-order chi connectivity index (χ1) is 23.1. The van der Waals surface area contributed by atoms with E-state index in [1.165, 1.54) is 18.2 Å². The molecule has 1 aliphatic rings. The molecule has 4 aromatic rings. The monoisotopic (exact) mass is 751 g/mol. The van der Waals surface area contributed by atoms with Gasteiger partial charge in [0.05, 0.1) is 27.4 Å². The van der Waals surface area contributed by atoms with Crippen molar-refractivity contribution in [2.24, 2.45) is 5.41 Å². The van der Waals surface area contributed by atoms with E-state index in [0.717, 1.165) is 6.07 Å². The highest BCUT2D eigenvalue weighted by atomic mass is 32.2. The zero-order chi connectivity index (χ0) is 37.0. The predicted octanol–water partition coefficient (Wildman–Crippen LogP) is 2.40. The summed E-state index contributed by atoms with van der Waals surface area (Å²) >= 11 is 0. The zero-order valence-corrected chi connectivity index (χ0v) is 28.1. The number of carbonyl (C=O) groups excluding carboxylic acids is 2. The standard InChI is InChI=1S/C28H26FN7O11S3/c1-28(2,11-31-17-10-19(50(45,46)47)22(30)21-20(17)23(37)14-5-3-4-6-15(14)24(21)38)12-32-26-34-25(29)35-27(36-26)33-16-9-13(48(39,40)41)7-8-18(16)49(42,43)44/h3-10,31H,11-12,30H2,1-2H3,(H,39,40,41)(H,42,43,44)(H,45,46,47)(H2,32,33,34,35,36). The fraction of sp³-hybridized carbons (Fsp3) is 0.179. The van der Waals surface area contributed by atoms with Crippen LogP contribution < -0.4 is 21.7 Å². The van der Waals surface area contributed by atoms with Gasteiger partial charge in [0.15, 0.2) is 11.6 Å². The number of benzene rings is 3. The first-order valence-electron chi connectivity index (χ1n) is 13.9. The Morgan fingerprint density at radius 3 is 1.86 bits per heavy atom. The van der Waals surface area contributed by atoms with Crippen molar-refractivity contribution in [1.29, 1.82) is 0 Å². The molecule has 0 atom stereocenters. The number of nitrogen functional groups attached to an aromatic ring is 1. The maximum Gasteiger partial charge on any atom is 0.315 e. The van der Waals surface area contributed by atoms with Crippen molar-refractivity contribution in [3.63, 3.8) is 0 Å². The molecule has 18 nitrogen and oxygen atoms in total. The molecule has 0 saturated carbocycles. The van der Waals surface area contributed by atoms with Gasteiger partial charge in [-0.05, 0) is 29.7 Å². The van der Waals surface area contributed by atoms with Gasteiger partial charge in [0, 0.05) is 29.9 Å². The molecule has 1 aliphatic carbocycles. The molecule has 5 rings (SSSR count). The van der Waals surface area contributed by atoms with E-state index < -0.39 is 96.9 Å². The number of anilines is 5. The first kappa shape index (κ1) is 36.2. The summed E-state index contributed by atoms with van der Waals surface area (Å²) in [6.07, 6.45) is -1.37. The fourth-order valence-electron chi connectivity index (χ4n) is 4.96. The van der Waals surface area contributed by atoms with Gasteiger partial charge in [0.1, 0.15) is 9.79 Å². The van der Waals surface area contributed by atoms with Crippen LogP contribution in [0.4, 0.5) is 33.3 Å². The van der Waals surface area contributed by atoms with Crippen LogP contribution in [0, 0.1) is 11.5 Å². The van der Waals surface area contributed by atoms with E-state index in [4.69, 9.17) is 5.73 Å². The van der Waals surface area contributed by atoms with Crippen LogP contribution in [0.2, 0.25) is 0 Å². The number of nitrogens with one attached hydrogen (secondary N) is 3. The Balaban J connectivity index is 1.40. The SMILES string of the molecule is CC(C)(CNc1nc(F)nc(Nc2cc(S(=O)(=O)O)ccc2S(=O)(=O)O)n1)CNc1cc(S(=O)(=O)O)c(N)c2c1C(=O)c1ccccc1C2=O. The van der Waals surface area contributed by atoms with Crippen LogP contribution in [0.25, 0.3) is 0 Å². The summed E-state index contributed by atoms with van der Waals surface area (Å²) in [7, 11) is -14.7. The lowest BCUT2D eigenvalue weighted by Gasteiger charge is -2.28. The Labute approximate surface area is 283 Å². The molecular weight excluding hydrogens is 726 g/mol. The molecule has 3 aromatic carbocycles. The number of hydrogen-bond acceptors (Lipinski definition) is 15. The van der Waals surface area contributed by atoms with Crippen molar-refractivity contribution in [1.82, 2.24) is 15.0 Å². The van der Waals surface area contributed by atoms with Gasteiger partial charge in [-0.15, -0.1) is 0 Å². The lowest BCUT2D eigenvalue weighted by atomic mass is 9.82. The molecule has 0 spiro atoms. The smallest absolute Gasteiger partial charge is 0.315 e. The molecule has 0 unspecified atom stereocenters. The van der Waals surface area contributed by atoms with Gasteiger partial charge >= 0.3 is 6.08 Å². The van der Waals surface area contributed by atoms with E-state index in [9.17, 15) is 52.9 Å². The molecule has 0 saturated heterocycles. The average molecular weight is 752 g/mol. The maximum absolute atomic E-state index is 14.4. The Morgan fingerprint density at radius 1 is 0.720 bits per heavy atom. The summed E-state index contributed by atoms with van der Waals surface area (Å²) < 4.78 is 114. The largest absolute Gasteiger partial charge is 0.397 e. The maximum atomic E-state index is 14.4. The van der Waals surface area contributed by atoms with Crippen LogP contribution in [0.5, 0.6) is 0 Å². The number of nitrogens with two attached hydrogens (primary N) is 1. The lowest BCUT2D eigenvalue weighted by Crippen LogP contribution is -2.33. The Kier molecular flexibility index (Phi) is 9.14. The van der Waals surface area contributed by atoms with Crippen molar-refractivity contribution < 1.29 is 52.9 Å². The first-order valence-corrected chi connectivity index (χ1v) is 18.3. The van der Waals surface area contributed by atoms with E-state index in [-0.39, 0.29) is 35.5 Å². The molecule has 50 heavy (non-hydrogen) atoms. The van der Waals surface area contributed by atoms with Crippen LogP contribution in [-0.4, -0.2) is 78.5 Å². The summed E-state index contributed by atoms with van der Waals surface area (Å²) in [6.45, 7) is 3.25. The molecule has 1 aromatic heterocycles. The summed E-state index contributed by atoms with van der Waals surface area (Å²) in [5.74, 6) is -2.38. The quantitative estimate of drug-likeness (QED) is 0.0753. The zero-order valence-electron chi connectivity index (χ0n) is 25.7. The molecule has 22 heteroatoms. The van der Waals surface area contributed by atoms with Crippen molar-refractivity contribution in [3.05, 3.63) is 76.9 Å². The van der Waals surface area contributed by atoms with Gasteiger partial charge in [0.2, 0.25) is 11.9 Å². The third kappa shape index (κ3) is 7.39. The van der Waals surface area contributed by atoms with Crippen LogP contribution in [0.15, 0.2) is 63.2 Å². The number of rotatable bonds is 11. The minimum absolute atomic E-state index is 0.00143. The van der Waals surface area contributed by atoms with Crippen molar-refractivity contribution in [3.8, 4) is 0 Å². The fourth-order valence-corrected chi connectivity index (χ4v) is 6.74. The van der Waals surface area contributed by atoms with Gasteiger partial charge in [-0.1, -0.05) is 38.1 Å². The van der Waals surface area contributed by atoms with Crippen molar-refractivity contribution >= 4 is 70.9 Å². The van der Waals surface area contributed by atoms with E-state index in [2.05, 4.69) is 30.9 Å². The van der Waals surface area contributed by atoms with Crippen LogP contribution in [-0.2, 0) is 30.4 Å². The minimum Gasteiger partial charge on any atom is -0.397 e. The molecule has 0 bridgehead atoms. The summed E-state index contributed by atoms with van der Waals surface area (Å²) in [5, 5.41) is 7.95. The van der Waals surface area contributed by atoms with Gasteiger partial charge in [0.25, 0.3) is 30.4 Å². The number of ketones is 2. The molecule has 8 N–H and O–H groups in total. The van der Waals surface area contributed by atoms with Gasteiger partial charge < -0.3 is 21.7 Å². The highest BCUT2D eigenvalue weighted by Crippen LogP contribution is 2.39. The van der Waals surface area contributed by atoms with Crippen LogP contribution in [0.3, 0.4) is 0 Å². The molecule has 0 fully saturated rings. The van der Waals surface area contributed by atoms with E-state index >= 15 is 0 Å². The van der Waals surface area contributed by atoms with Gasteiger partial charge in [-0.3, -0.25) is 23.2 Å². The second-order valence-corrected chi connectivity index (χ2v) is 15.8. The normalized spacial score (nSPS) is 13.4. The highest BCUT2D eigenvalue weighted by Gasteiger charge is 2.37. The summed E-state index contributed by atoms with van der Waals surface area (Å²) in [4.78, 5) is 35.3. The van der Waals surface area contributed by atoms with Crippen LogP contribution in [0.1, 0.15) is 45.7 Å². The van der Waals surface area contributed by atoms with Gasteiger partial charge in [-0.25, -0.2) is 0 Å². The average Bonchev–Trinajstić information content (AvgIpc) is 3.00. The Bertz CT molecular complexity index is 2440. The molecule has 0 aliphatic heterocycles. The van der Waals surface area contributed by atoms with Crippen molar-refractivity contribution in [2.75, 3.05) is 34.8 Å². The Hall–Kier alpha value is -5.13. The van der Waals surface area contributed by atoms with Gasteiger partial charge in [-0.2, -0.15) is 44.6 Å². The van der Waals surface area contributed by atoms with E-state index in [0.29, 0.717) is 18.2 Å². The van der Waals surface area contributed by atoms with E-state index in [1.54, 1.807) is 19.9 Å².